The van der Waals surface area contributed by atoms with E-state index in [2.05, 4.69) is 0 Å². The topological polar surface area (TPSA) is 49.8 Å². The lowest BCUT2D eigenvalue weighted by Crippen LogP contribution is -2.45. The number of nitrogens with zero attached hydrogens (tertiary/aromatic N) is 1. The summed E-state index contributed by atoms with van der Waals surface area (Å²) < 4.78 is 5.35. The van der Waals surface area contributed by atoms with Crippen LogP contribution in [0.4, 0.5) is 4.79 Å². The average molecular weight is 269 g/mol. The summed E-state index contributed by atoms with van der Waals surface area (Å²) in [5.74, 6) is 0.619. The zero-order chi connectivity index (χ0) is 13.8. The molecule has 1 saturated carbocycles. The van der Waals surface area contributed by atoms with Crippen LogP contribution in [0.1, 0.15) is 52.4 Å². The molecule has 0 aromatic heterocycles. The molecule has 1 aliphatic carbocycles. The highest BCUT2D eigenvalue weighted by Crippen LogP contribution is 2.34. The van der Waals surface area contributed by atoms with E-state index < -0.39 is 0 Å². The second kappa shape index (κ2) is 6.60. The molecule has 110 valence electrons. The van der Waals surface area contributed by atoms with Gasteiger partial charge in [-0.15, -0.1) is 0 Å². The van der Waals surface area contributed by atoms with Gasteiger partial charge in [-0.1, -0.05) is 26.7 Å². The number of rotatable bonds is 3. The van der Waals surface area contributed by atoms with Gasteiger partial charge in [0.15, 0.2) is 0 Å². The summed E-state index contributed by atoms with van der Waals surface area (Å²) >= 11 is 0. The maximum Gasteiger partial charge on any atom is 0.410 e. The van der Waals surface area contributed by atoms with Gasteiger partial charge in [0.2, 0.25) is 0 Å². The van der Waals surface area contributed by atoms with Crippen molar-refractivity contribution in [2.75, 3.05) is 13.2 Å². The van der Waals surface area contributed by atoms with Crippen LogP contribution in [-0.2, 0) is 4.74 Å². The second-order valence-electron chi connectivity index (χ2n) is 6.39. The minimum atomic E-state index is -0.239. The van der Waals surface area contributed by atoms with E-state index in [9.17, 15) is 9.90 Å². The van der Waals surface area contributed by atoms with Crippen LogP contribution in [0, 0.1) is 11.8 Å². The van der Waals surface area contributed by atoms with Gasteiger partial charge < -0.3 is 14.7 Å². The molecule has 1 N–H and O–H groups in total. The number of aliphatic hydroxyl groups is 1. The van der Waals surface area contributed by atoms with Gasteiger partial charge in [0, 0.05) is 18.5 Å². The Bertz CT molecular complexity index is 306. The van der Waals surface area contributed by atoms with Crippen molar-refractivity contribution in [3.63, 3.8) is 0 Å². The van der Waals surface area contributed by atoms with Crippen LogP contribution in [0.15, 0.2) is 0 Å². The minimum Gasteiger partial charge on any atom is -0.449 e. The molecule has 4 nitrogen and oxygen atoms in total. The Kier molecular flexibility index (Phi) is 5.08. The molecule has 2 fully saturated rings. The van der Waals surface area contributed by atoms with Crippen molar-refractivity contribution in [1.29, 1.82) is 0 Å². The van der Waals surface area contributed by atoms with Gasteiger partial charge in [-0.25, -0.2) is 4.79 Å². The molecule has 2 rings (SSSR count). The zero-order valence-corrected chi connectivity index (χ0v) is 12.2. The van der Waals surface area contributed by atoms with Gasteiger partial charge >= 0.3 is 6.09 Å². The molecule has 2 aliphatic rings. The Hall–Kier alpha value is -0.770. The van der Waals surface area contributed by atoms with Crippen LogP contribution >= 0.6 is 0 Å². The van der Waals surface area contributed by atoms with E-state index in [-0.39, 0.29) is 24.2 Å². The summed E-state index contributed by atoms with van der Waals surface area (Å²) in [6.45, 7) is 5.35. The van der Waals surface area contributed by atoms with Crippen LogP contribution < -0.4 is 0 Å². The monoisotopic (exact) mass is 269 g/mol. The fraction of sp³-hybridized carbons (Fsp3) is 0.933. The highest BCUT2D eigenvalue weighted by molar-refractivity contribution is 5.68. The lowest BCUT2D eigenvalue weighted by Gasteiger charge is -2.36. The molecule has 1 heterocycles. The molecule has 0 aromatic carbocycles. The molecule has 0 bridgehead atoms. The zero-order valence-electron chi connectivity index (χ0n) is 12.2. The fourth-order valence-corrected chi connectivity index (χ4v) is 3.37. The number of amides is 1. The fourth-order valence-electron chi connectivity index (χ4n) is 3.37. The van der Waals surface area contributed by atoms with Crippen molar-refractivity contribution in [2.24, 2.45) is 11.8 Å². The number of carbonyl (C=O) groups excluding carboxylic acids is 1. The van der Waals surface area contributed by atoms with Crippen LogP contribution in [0.5, 0.6) is 0 Å². The summed E-state index contributed by atoms with van der Waals surface area (Å²) in [5.41, 5.74) is 0. The van der Waals surface area contributed by atoms with E-state index in [1.54, 1.807) is 0 Å². The predicted molar refractivity (Wildman–Crippen MR) is 73.9 cm³/mol. The molecule has 0 spiro atoms. The van der Waals surface area contributed by atoms with Crippen molar-refractivity contribution >= 4 is 6.09 Å². The quantitative estimate of drug-likeness (QED) is 0.857. The van der Waals surface area contributed by atoms with Crippen molar-refractivity contribution in [2.45, 2.75) is 64.5 Å². The number of hydrogen-bond donors (Lipinski definition) is 1. The van der Waals surface area contributed by atoms with E-state index in [0.29, 0.717) is 12.5 Å². The second-order valence-corrected chi connectivity index (χ2v) is 6.39. The Morgan fingerprint density at radius 1 is 1.26 bits per heavy atom. The van der Waals surface area contributed by atoms with Crippen molar-refractivity contribution < 1.29 is 14.6 Å². The van der Waals surface area contributed by atoms with Crippen molar-refractivity contribution in [3.05, 3.63) is 0 Å². The van der Waals surface area contributed by atoms with Gasteiger partial charge in [0.25, 0.3) is 0 Å². The maximum absolute atomic E-state index is 12.1. The van der Waals surface area contributed by atoms with Crippen LogP contribution in [0.2, 0.25) is 0 Å². The lowest BCUT2D eigenvalue weighted by molar-refractivity contribution is 0.0166. The summed E-state index contributed by atoms with van der Waals surface area (Å²) in [6, 6.07) is 0.190. The number of hydrogen-bond acceptors (Lipinski definition) is 3. The Morgan fingerprint density at radius 3 is 2.68 bits per heavy atom. The maximum atomic E-state index is 12.1. The number of likely N-dealkylation sites (tertiary alicyclic amines) is 1. The van der Waals surface area contributed by atoms with Crippen LogP contribution in [0.25, 0.3) is 0 Å². The molecule has 1 aliphatic heterocycles. The molecular formula is C15H27NO3. The third kappa shape index (κ3) is 3.62. The molecule has 19 heavy (non-hydrogen) atoms. The van der Waals surface area contributed by atoms with Gasteiger partial charge in [-0.2, -0.15) is 0 Å². The predicted octanol–water partition coefficient (Wildman–Crippen LogP) is 2.79. The summed E-state index contributed by atoms with van der Waals surface area (Å²) in [5, 5.41) is 10.2. The van der Waals surface area contributed by atoms with Gasteiger partial charge in [0.05, 0.1) is 12.7 Å². The van der Waals surface area contributed by atoms with Crippen molar-refractivity contribution in [3.8, 4) is 0 Å². The first-order valence-corrected chi connectivity index (χ1v) is 7.71. The van der Waals surface area contributed by atoms with Gasteiger partial charge in [-0.3, -0.25) is 0 Å². The summed E-state index contributed by atoms with van der Waals surface area (Å²) in [4.78, 5) is 14.0. The van der Waals surface area contributed by atoms with Crippen LogP contribution in [-0.4, -0.2) is 41.4 Å². The van der Waals surface area contributed by atoms with Crippen molar-refractivity contribution in [1.82, 2.24) is 4.90 Å². The third-order valence-electron chi connectivity index (χ3n) is 4.35. The number of aliphatic hydroxyl groups excluding tert-OH is 1. The SMILES string of the molecule is CC(C)COC(=O)N1CCCC1C1CCCCC1O. The molecule has 3 unspecified atom stereocenters. The molecule has 3 atom stereocenters. The molecule has 1 amide bonds. The van der Waals surface area contributed by atoms with E-state index in [4.69, 9.17) is 4.74 Å². The van der Waals surface area contributed by atoms with Crippen LogP contribution in [0.3, 0.4) is 0 Å². The van der Waals surface area contributed by atoms with Gasteiger partial charge in [0.1, 0.15) is 0 Å². The number of ether oxygens (including phenoxy) is 1. The van der Waals surface area contributed by atoms with Gasteiger partial charge in [-0.05, 0) is 31.6 Å². The van der Waals surface area contributed by atoms with E-state index in [1.165, 1.54) is 6.42 Å². The van der Waals surface area contributed by atoms with E-state index >= 15 is 0 Å². The Labute approximate surface area is 116 Å². The summed E-state index contributed by atoms with van der Waals surface area (Å²) in [7, 11) is 0. The average Bonchev–Trinajstić information content (AvgIpc) is 2.85. The Balaban J connectivity index is 1.93. The lowest BCUT2D eigenvalue weighted by atomic mass is 9.80. The normalized spacial score (nSPS) is 31.8. The summed E-state index contributed by atoms with van der Waals surface area (Å²) in [6.07, 6.45) is 5.83. The Morgan fingerprint density at radius 2 is 2.00 bits per heavy atom. The minimum absolute atomic E-state index is 0.186. The molecule has 0 aromatic rings. The standard InChI is InChI=1S/C15H27NO3/c1-11(2)10-19-15(18)16-9-5-7-13(16)12-6-3-4-8-14(12)17/h11-14,17H,3-10H2,1-2H3. The first-order chi connectivity index (χ1) is 9.09. The largest absolute Gasteiger partial charge is 0.449 e. The van der Waals surface area contributed by atoms with E-state index in [1.807, 2.05) is 18.7 Å². The molecular weight excluding hydrogens is 242 g/mol. The first kappa shape index (κ1) is 14.6. The third-order valence-corrected chi connectivity index (χ3v) is 4.35. The number of carbonyl (C=O) groups is 1. The van der Waals surface area contributed by atoms with E-state index in [0.717, 1.165) is 38.6 Å². The molecule has 0 radical (unpaired) electrons. The highest BCUT2D eigenvalue weighted by Gasteiger charge is 2.39. The molecule has 4 heteroatoms. The first-order valence-electron chi connectivity index (χ1n) is 7.71. The smallest absolute Gasteiger partial charge is 0.410 e. The highest BCUT2D eigenvalue weighted by atomic mass is 16.6. The molecule has 1 saturated heterocycles.